The number of carbonyl (C=O) groups excluding carboxylic acids is 3. The molecule has 0 spiro atoms. The SMILES string of the molecule is CCCCC(NC(=O)c1[nH]c2c(c1C)C(=O)CC(C)(C)C2)C(=O)NCc1ccc(OCCN(C)C)cc1. The van der Waals surface area contributed by atoms with Gasteiger partial charge in [-0.2, -0.15) is 0 Å². The second-order valence-corrected chi connectivity index (χ2v) is 11.1. The lowest BCUT2D eigenvalue weighted by Gasteiger charge is -2.28. The second-order valence-electron chi connectivity index (χ2n) is 11.1. The van der Waals surface area contributed by atoms with Crippen molar-refractivity contribution in [3.63, 3.8) is 0 Å². The van der Waals surface area contributed by atoms with Crippen molar-refractivity contribution in [2.24, 2.45) is 5.41 Å². The lowest BCUT2D eigenvalue weighted by molar-refractivity contribution is -0.123. The summed E-state index contributed by atoms with van der Waals surface area (Å²) in [6.07, 6.45) is 3.43. The Bertz CT molecular complexity index is 1100. The molecule has 1 atom stereocenters. The van der Waals surface area contributed by atoms with Crippen LogP contribution >= 0.6 is 0 Å². The molecule has 8 heteroatoms. The molecule has 0 bridgehead atoms. The van der Waals surface area contributed by atoms with E-state index >= 15 is 0 Å². The number of nitrogens with zero attached hydrogens (tertiary/aromatic N) is 1. The van der Waals surface area contributed by atoms with Crippen molar-refractivity contribution in [1.29, 1.82) is 0 Å². The Balaban J connectivity index is 1.63. The molecule has 1 aliphatic rings. The Hall–Kier alpha value is -3.13. The maximum absolute atomic E-state index is 13.2. The Morgan fingerprint density at radius 2 is 1.86 bits per heavy atom. The Morgan fingerprint density at radius 1 is 1.16 bits per heavy atom. The van der Waals surface area contributed by atoms with Gasteiger partial charge in [0, 0.05) is 30.8 Å². The van der Waals surface area contributed by atoms with Crippen molar-refractivity contribution in [3.8, 4) is 5.75 Å². The van der Waals surface area contributed by atoms with Gasteiger partial charge in [0.05, 0.1) is 0 Å². The van der Waals surface area contributed by atoms with E-state index in [9.17, 15) is 14.4 Å². The van der Waals surface area contributed by atoms with Crippen LogP contribution in [0.4, 0.5) is 0 Å². The first-order valence-electron chi connectivity index (χ1n) is 13.2. The quantitative estimate of drug-likeness (QED) is 0.400. The van der Waals surface area contributed by atoms with Gasteiger partial charge >= 0.3 is 0 Å². The molecule has 0 radical (unpaired) electrons. The highest BCUT2D eigenvalue weighted by Crippen LogP contribution is 2.36. The molecule has 1 aromatic heterocycles. The number of benzene rings is 1. The summed E-state index contributed by atoms with van der Waals surface area (Å²) in [5.74, 6) is 0.275. The molecule has 0 aliphatic heterocycles. The van der Waals surface area contributed by atoms with Crippen molar-refractivity contribution in [2.45, 2.75) is 72.4 Å². The number of hydrogen-bond donors (Lipinski definition) is 3. The fourth-order valence-electron chi connectivity index (χ4n) is 4.73. The number of nitrogens with one attached hydrogen (secondary N) is 3. The van der Waals surface area contributed by atoms with E-state index in [2.05, 4.69) is 41.3 Å². The normalized spacial score (nSPS) is 15.3. The van der Waals surface area contributed by atoms with Gasteiger partial charge in [0.25, 0.3) is 5.91 Å². The highest BCUT2D eigenvalue weighted by atomic mass is 16.5. The summed E-state index contributed by atoms with van der Waals surface area (Å²) in [5, 5.41) is 5.87. The predicted molar refractivity (Wildman–Crippen MR) is 145 cm³/mol. The molecule has 2 amide bonds. The molecule has 3 rings (SSSR count). The first kappa shape index (κ1) is 28.4. The van der Waals surface area contributed by atoms with Crippen molar-refractivity contribution < 1.29 is 19.1 Å². The molecule has 202 valence electrons. The number of Topliss-reactive ketones (excluding diaryl/α,β-unsaturated/α-hetero) is 1. The fraction of sp³-hybridized carbons (Fsp3) is 0.552. The maximum atomic E-state index is 13.2. The van der Waals surface area contributed by atoms with Gasteiger partial charge in [0.2, 0.25) is 5.91 Å². The number of ether oxygens (including phenoxy) is 1. The first-order valence-corrected chi connectivity index (χ1v) is 13.2. The van der Waals surface area contributed by atoms with Crippen LogP contribution in [0.5, 0.6) is 5.75 Å². The third-order valence-corrected chi connectivity index (χ3v) is 6.79. The van der Waals surface area contributed by atoms with Crippen molar-refractivity contribution in [1.82, 2.24) is 20.5 Å². The van der Waals surface area contributed by atoms with Crippen LogP contribution in [-0.4, -0.2) is 60.8 Å². The van der Waals surface area contributed by atoms with Gasteiger partial charge in [-0.3, -0.25) is 14.4 Å². The zero-order valence-corrected chi connectivity index (χ0v) is 23.1. The van der Waals surface area contributed by atoms with E-state index in [0.29, 0.717) is 49.2 Å². The van der Waals surface area contributed by atoms with Crippen LogP contribution in [-0.2, 0) is 17.8 Å². The molecule has 1 aromatic carbocycles. The Morgan fingerprint density at radius 3 is 2.51 bits per heavy atom. The largest absolute Gasteiger partial charge is 0.492 e. The summed E-state index contributed by atoms with van der Waals surface area (Å²) < 4.78 is 5.72. The minimum absolute atomic E-state index is 0.0634. The molecule has 1 unspecified atom stereocenters. The number of rotatable bonds is 12. The third-order valence-electron chi connectivity index (χ3n) is 6.79. The van der Waals surface area contributed by atoms with Crippen molar-refractivity contribution in [2.75, 3.05) is 27.2 Å². The molecule has 37 heavy (non-hydrogen) atoms. The molecule has 1 aliphatic carbocycles. The van der Waals surface area contributed by atoms with E-state index in [-0.39, 0.29) is 23.0 Å². The smallest absolute Gasteiger partial charge is 0.268 e. The van der Waals surface area contributed by atoms with E-state index in [1.165, 1.54) is 0 Å². The van der Waals surface area contributed by atoms with Crippen LogP contribution in [0.25, 0.3) is 0 Å². The van der Waals surface area contributed by atoms with Gasteiger partial charge in [-0.25, -0.2) is 0 Å². The van der Waals surface area contributed by atoms with Crippen LogP contribution in [0.15, 0.2) is 24.3 Å². The van der Waals surface area contributed by atoms with Crippen molar-refractivity contribution in [3.05, 3.63) is 52.3 Å². The van der Waals surface area contributed by atoms with Gasteiger partial charge in [0.15, 0.2) is 5.78 Å². The number of amides is 2. The lowest BCUT2D eigenvalue weighted by Crippen LogP contribution is -2.46. The van der Waals surface area contributed by atoms with Crippen LogP contribution in [0.1, 0.15) is 84.1 Å². The van der Waals surface area contributed by atoms with Crippen LogP contribution in [0, 0.1) is 12.3 Å². The summed E-state index contributed by atoms with van der Waals surface area (Å²) in [6, 6.07) is 6.98. The summed E-state index contributed by atoms with van der Waals surface area (Å²) in [4.78, 5) is 44.3. The fourth-order valence-corrected chi connectivity index (χ4v) is 4.73. The number of likely N-dealkylation sites (N-methyl/N-ethyl adjacent to an activating group) is 1. The highest BCUT2D eigenvalue weighted by Gasteiger charge is 2.35. The number of fused-ring (bicyclic) bond motifs is 1. The van der Waals surface area contributed by atoms with Gasteiger partial charge in [-0.05, 0) is 62.5 Å². The number of H-pyrrole nitrogens is 1. The summed E-state index contributed by atoms with van der Waals surface area (Å²) in [6.45, 7) is 9.76. The number of aromatic nitrogens is 1. The van der Waals surface area contributed by atoms with Crippen LogP contribution in [0.3, 0.4) is 0 Å². The predicted octanol–water partition coefficient (Wildman–Crippen LogP) is 4.02. The zero-order chi connectivity index (χ0) is 27.2. The number of unbranched alkanes of at least 4 members (excludes halogenated alkanes) is 1. The van der Waals surface area contributed by atoms with Gasteiger partial charge in [-0.15, -0.1) is 0 Å². The summed E-state index contributed by atoms with van der Waals surface area (Å²) >= 11 is 0. The Kier molecular flexibility index (Phi) is 9.54. The monoisotopic (exact) mass is 510 g/mol. The molecule has 3 N–H and O–H groups in total. The number of aromatic amines is 1. The van der Waals surface area contributed by atoms with Gasteiger partial charge < -0.3 is 25.3 Å². The van der Waals surface area contributed by atoms with Crippen molar-refractivity contribution >= 4 is 17.6 Å². The molecule has 0 saturated carbocycles. The molecule has 2 aromatic rings. The lowest BCUT2D eigenvalue weighted by atomic mass is 9.75. The first-order chi connectivity index (χ1) is 17.5. The molecule has 0 saturated heterocycles. The standard InChI is InChI=1S/C29H42N4O4/c1-7-8-9-22(27(35)30-18-20-10-12-21(13-11-20)37-15-14-33(5)6)32-28(36)26-19(2)25-23(31-26)16-29(3,4)17-24(25)34/h10-13,22,31H,7-9,14-18H2,1-6H3,(H,30,35)(H,32,36). The summed E-state index contributed by atoms with van der Waals surface area (Å²) in [5.41, 5.74) is 3.28. The minimum atomic E-state index is -0.659. The van der Waals surface area contributed by atoms with Gasteiger partial charge in [-0.1, -0.05) is 45.7 Å². The van der Waals surface area contributed by atoms with E-state index in [1.807, 2.05) is 38.4 Å². The molecule has 8 nitrogen and oxygen atoms in total. The number of hydrogen-bond acceptors (Lipinski definition) is 5. The second kappa shape index (κ2) is 12.4. The highest BCUT2D eigenvalue weighted by molar-refractivity contribution is 6.05. The average Bonchev–Trinajstić information content (AvgIpc) is 3.15. The average molecular weight is 511 g/mol. The van der Waals surface area contributed by atoms with E-state index in [4.69, 9.17) is 4.74 Å². The maximum Gasteiger partial charge on any atom is 0.268 e. The number of ketones is 1. The molecule has 0 fully saturated rings. The third kappa shape index (κ3) is 7.68. The molecular weight excluding hydrogens is 468 g/mol. The van der Waals surface area contributed by atoms with Gasteiger partial charge in [0.1, 0.15) is 24.1 Å². The molecule has 1 heterocycles. The van der Waals surface area contributed by atoms with Crippen LogP contribution in [0.2, 0.25) is 0 Å². The van der Waals surface area contributed by atoms with Crippen LogP contribution < -0.4 is 15.4 Å². The zero-order valence-electron chi connectivity index (χ0n) is 23.1. The van der Waals surface area contributed by atoms with E-state index in [0.717, 1.165) is 36.4 Å². The number of carbonyl (C=O) groups is 3. The topological polar surface area (TPSA) is 104 Å². The summed E-state index contributed by atoms with van der Waals surface area (Å²) in [7, 11) is 4.00. The van der Waals surface area contributed by atoms with E-state index < -0.39 is 6.04 Å². The Labute approximate surface area is 220 Å². The minimum Gasteiger partial charge on any atom is -0.492 e. The van der Waals surface area contributed by atoms with E-state index in [1.54, 1.807) is 6.92 Å². The molecular formula is C29H42N4O4.